The first-order valence-electron chi connectivity index (χ1n) is 7.66. The quantitative estimate of drug-likeness (QED) is 0.471. The number of carbonyl (C=O) groups is 2. The minimum Gasteiger partial charge on any atom is -0.356 e. The molecule has 0 aromatic carbocycles. The van der Waals surface area contributed by atoms with Crippen molar-refractivity contribution >= 4 is 23.7 Å². The van der Waals surface area contributed by atoms with E-state index < -0.39 is 0 Å². The summed E-state index contributed by atoms with van der Waals surface area (Å²) in [6, 6.07) is 0.557. The lowest BCUT2D eigenvalue weighted by Crippen LogP contribution is -2.36. The van der Waals surface area contributed by atoms with Gasteiger partial charge in [0.25, 0.3) is 0 Å². The molecule has 1 unspecified atom stereocenters. The maximum atomic E-state index is 11.6. The van der Waals surface area contributed by atoms with Gasteiger partial charge >= 0.3 is 6.03 Å². The zero-order valence-electron chi connectivity index (χ0n) is 12.1. The Kier molecular flexibility index (Phi) is 6.01. The Morgan fingerprint density at radius 3 is 3.00 bits per heavy atom. The highest BCUT2D eigenvalue weighted by molar-refractivity contribution is 8.00. The third-order valence-corrected chi connectivity index (χ3v) is 5.44. The van der Waals surface area contributed by atoms with E-state index in [1.165, 1.54) is 0 Å². The van der Waals surface area contributed by atoms with Gasteiger partial charge in [0.1, 0.15) is 0 Å². The molecule has 5 nitrogen and oxygen atoms in total. The third kappa shape index (κ3) is 4.30. The van der Waals surface area contributed by atoms with Gasteiger partial charge in [0.15, 0.2) is 0 Å². The van der Waals surface area contributed by atoms with Crippen molar-refractivity contribution in [3.05, 3.63) is 0 Å². The molecule has 3 amide bonds. The van der Waals surface area contributed by atoms with Crippen LogP contribution in [0.25, 0.3) is 0 Å². The molecule has 0 bridgehead atoms. The second kappa shape index (κ2) is 7.76. The summed E-state index contributed by atoms with van der Waals surface area (Å²) < 4.78 is 0. The zero-order chi connectivity index (χ0) is 14.4. The van der Waals surface area contributed by atoms with Crippen LogP contribution in [0.15, 0.2) is 0 Å². The van der Waals surface area contributed by atoms with E-state index >= 15 is 0 Å². The predicted molar refractivity (Wildman–Crippen MR) is 81.9 cm³/mol. The van der Waals surface area contributed by atoms with Crippen molar-refractivity contribution in [2.24, 2.45) is 0 Å². The van der Waals surface area contributed by atoms with Gasteiger partial charge in [-0.25, -0.2) is 4.79 Å². The number of fused-ring (bicyclic) bond motifs is 1. The lowest BCUT2D eigenvalue weighted by Gasteiger charge is -2.16. The van der Waals surface area contributed by atoms with Crippen molar-refractivity contribution < 1.29 is 9.59 Å². The molecule has 2 heterocycles. The first-order valence-corrected chi connectivity index (χ1v) is 8.71. The summed E-state index contributed by atoms with van der Waals surface area (Å²) in [7, 11) is 0. The number of amides is 3. The van der Waals surface area contributed by atoms with Gasteiger partial charge in [-0.3, -0.25) is 4.79 Å². The van der Waals surface area contributed by atoms with Gasteiger partial charge in [0, 0.05) is 24.0 Å². The molecular formula is C14H25N3O2S. The monoisotopic (exact) mass is 299 g/mol. The minimum absolute atomic E-state index is 0.0272. The molecule has 2 fully saturated rings. The van der Waals surface area contributed by atoms with Crippen molar-refractivity contribution in [1.29, 1.82) is 0 Å². The highest BCUT2D eigenvalue weighted by atomic mass is 32.2. The van der Waals surface area contributed by atoms with Gasteiger partial charge in [-0.2, -0.15) is 11.8 Å². The van der Waals surface area contributed by atoms with Crippen molar-refractivity contribution in [2.75, 3.05) is 12.3 Å². The smallest absolute Gasteiger partial charge is 0.315 e. The fraction of sp³-hybridized carbons (Fsp3) is 0.857. The fourth-order valence-electron chi connectivity index (χ4n) is 2.77. The Bertz CT molecular complexity index is 351. The number of thioether (sulfide) groups is 1. The Labute approximate surface area is 125 Å². The van der Waals surface area contributed by atoms with Crippen molar-refractivity contribution in [2.45, 2.75) is 62.8 Å². The maximum absolute atomic E-state index is 11.6. The fourth-order valence-corrected chi connectivity index (χ4v) is 4.31. The number of hydrogen-bond acceptors (Lipinski definition) is 3. The topological polar surface area (TPSA) is 70.2 Å². The third-order valence-electron chi connectivity index (χ3n) is 3.93. The average molecular weight is 299 g/mol. The molecule has 0 aromatic rings. The summed E-state index contributed by atoms with van der Waals surface area (Å²) in [5.41, 5.74) is 0. The Morgan fingerprint density at radius 1 is 1.35 bits per heavy atom. The molecule has 20 heavy (non-hydrogen) atoms. The molecule has 114 valence electrons. The molecule has 2 saturated heterocycles. The van der Waals surface area contributed by atoms with E-state index in [-0.39, 0.29) is 18.0 Å². The molecule has 2 aliphatic heterocycles. The molecule has 0 saturated carbocycles. The lowest BCUT2D eigenvalue weighted by molar-refractivity contribution is -0.121. The normalized spacial score (nSPS) is 27.9. The molecule has 3 N–H and O–H groups in total. The average Bonchev–Trinajstić information content (AvgIpc) is 2.95. The number of nitrogens with one attached hydrogen (secondary N) is 3. The summed E-state index contributed by atoms with van der Waals surface area (Å²) in [4.78, 5) is 22.8. The van der Waals surface area contributed by atoms with E-state index in [0.29, 0.717) is 17.7 Å². The Morgan fingerprint density at radius 2 is 2.20 bits per heavy atom. The summed E-state index contributed by atoms with van der Waals surface area (Å²) in [6.07, 6.45) is 5.86. The van der Waals surface area contributed by atoms with Crippen LogP contribution >= 0.6 is 11.8 Å². The molecule has 3 atom stereocenters. The Hall–Kier alpha value is -0.910. The van der Waals surface area contributed by atoms with Crippen LogP contribution in [0.2, 0.25) is 0 Å². The van der Waals surface area contributed by atoms with Gasteiger partial charge in [0.2, 0.25) is 5.91 Å². The van der Waals surface area contributed by atoms with Gasteiger partial charge in [-0.05, 0) is 19.3 Å². The van der Waals surface area contributed by atoms with Crippen LogP contribution in [0.5, 0.6) is 0 Å². The number of hydrogen-bond donors (Lipinski definition) is 3. The molecule has 6 heteroatoms. The summed E-state index contributed by atoms with van der Waals surface area (Å²) in [6.45, 7) is 2.92. The van der Waals surface area contributed by atoms with Gasteiger partial charge in [-0.15, -0.1) is 0 Å². The van der Waals surface area contributed by atoms with E-state index in [4.69, 9.17) is 0 Å². The highest BCUT2D eigenvalue weighted by Crippen LogP contribution is 2.33. The standard InChI is InChI=1S/C14H25N3O2S/c1-2-3-8-15-12(18)7-5-4-6-11-13-10(9-20-11)16-14(19)17-13/h10-11,13H,2-9H2,1H3,(H,15,18)(H2,16,17,19)/t10-,11?,13-/m1/s1. The largest absolute Gasteiger partial charge is 0.356 e. The van der Waals surface area contributed by atoms with Crippen molar-refractivity contribution in [3.63, 3.8) is 0 Å². The second-order valence-corrected chi connectivity index (χ2v) is 6.84. The van der Waals surface area contributed by atoms with Crippen LogP contribution in [-0.2, 0) is 4.79 Å². The summed E-state index contributed by atoms with van der Waals surface area (Å²) in [5, 5.41) is 9.39. The number of urea groups is 1. The van der Waals surface area contributed by atoms with Crippen LogP contribution in [0.1, 0.15) is 45.4 Å². The van der Waals surface area contributed by atoms with E-state index in [1.807, 2.05) is 11.8 Å². The molecule has 0 aromatic heterocycles. The number of rotatable bonds is 8. The van der Waals surface area contributed by atoms with Gasteiger partial charge in [-0.1, -0.05) is 19.8 Å². The van der Waals surface area contributed by atoms with Crippen molar-refractivity contribution in [1.82, 2.24) is 16.0 Å². The molecular weight excluding hydrogens is 274 g/mol. The second-order valence-electron chi connectivity index (χ2n) is 5.57. The number of carbonyl (C=O) groups excluding carboxylic acids is 2. The van der Waals surface area contributed by atoms with Crippen LogP contribution in [0.4, 0.5) is 4.79 Å². The SMILES string of the molecule is CCCCNC(=O)CCCCC1SC[C@H]2NC(=O)N[C@@H]12. The zero-order valence-corrected chi connectivity index (χ0v) is 12.9. The van der Waals surface area contributed by atoms with Gasteiger partial charge in [0.05, 0.1) is 12.1 Å². The molecule has 2 aliphatic rings. The van der Waals surface area contributed by atoms with E-state index in [0.717, 1.165) is 44.4 Å². The van der Waals surface area contributed by atoms with Gasteiger partial charge < -0.3 is 16.0 Å². The van der Waals surface area contributed by atoms with Crippen molar-refractivity contribution in [3.8, 4) is 0 Å². The lowest BCUT2D eigenvalue weighted by atomic mass is 10.0. The van der Waals surface area contributed by atoms with Crippen LogP contribution < -0.4 is 16.0 Å². The molecule has 0 radical (unpaired) electrons. The molecule has 0 aliphatic carbocycles. The van der Waals surface area contributed by atoms with Crippen LogP contribution in [0, 0.1) is 0 Å². The minimum atomic E-state index is -0.0272. The molecule has 2 rings (SSSR count). The summed E-state index contributed by atoms with van der Waals surface area (Å²) in [5.74, 6) is 1.18. The maximum Gasteiger partial charge on any atom is 0.315 e. The van der Waals surface area contributed by atoms with E-state index in [1.54, 1.807) is 0 Å². The van der Waals surface area contributed by atoms with Crippen LogP contribution in [0.3, 0.4) is 0 Å². The van der Waals surface area contributed by atoms with E-state index in [9.17, 15) is 9.59 Å². The first-order chi connectivity index (χ1) is 9.70. The van der Waals surface area contributed by atoms with E-state index in [2.05, 4.69) is 22.9 Å². The van der Waals surface area contributed by atoms with Crippen LogP contribution in [-0.4, -0.2) is 41.6 Å². The predicted octanol–water partition coefficient (Wildman–Crippen LogP) is 1.63. The summed E-state index contributed by atoms with van der Waals surface area (Å²) >= 11 is 1.93. The molecule has 0 spiro atoms. The number of unbranched alkanes of at least 4 members (excludes halogenated alkanes) is 2. The Balaban J connectivity index is 1.55. The highest BCUT2D eigenvalue weighted by Gasteiger charge is 2.42. The first kappa shape index (κ1) is 15.5.